The molecule has 0 saturated carbocycles. The maximum absolute atomic E-state index is 10.6. The molecule has 0 radical (unpaired) electrons. The number of hydrogen-bond donors (Lipinski definition) is 0. The summed E-state index contributed by atoms with van der Waals surface area (Å²) in [6, 6.07) is 14.3. The standard InChI is InChI=1S/C15H12N2O3/c1-20-13-8-4-11(5-9-13)15-14(16-15)10-2-6-12(7-3-10)17(18)19/h2-9,15H,1H3. The second-order valence-electron chi connectivity index (χ2n) is 4.49. The fourth-order valence-electron chi connectivity index (χ4n) is 2.11. The zero-order valence-corrected chi connectivity index (χ0v) is 10.8. The number of aliphatic imine (C=N–C) groups is 1. The van der Waals surface area contributed by atoms with E-state index >= 15 is 0 Å². The highest BCUT2D eigenvalue weighted by atomic mass is 16.6. The molecular formula is C15H12N2O3. The summed E-state index contributed by atoms with van der Waals surface area (Å²) in [5.41, 5.74) is 3.08. The van der Waals surface area contributed by atoms with E-state index in [2.05, 4.69) is 4.99 Å². The van der Waals surface area contributed by atoms with Crippen molar-refractivity contribution in [2.45, 2.75) is 6.04 Å². The van der Waals surface area contributed by atoms with Crippen LogP contribution in [0.3, 0.4) is 0 Å². The molecule has 0 fully saturated rings. The van der Waals surface area contributed by atoms with Crippen molar-refractivity contribution in [3.8, 4) is 5.75 Å². The topological polar surface area (TPSA) is 64.7 Å². The third-order valence-corrected chi connectivity index (χ3v) is 3.26. The zero-order valence-electron chi connectivity index (χ0n) is 10.8. The molecule has 0 aliphatic carbocycles. The number of rotatable bonds is 4. The van der Waals surface area contributed by atoms with Crippen molar-refractivity contribution >= 4 is 11.4 Å². The van der Waals surface area contributed by atoms with Gasteiger partial charge in [0, 0.05) is 12.1 Å². The summed E-state index contributed by atoms with van der Waals surface area (Å²) in [5, 5.41) is 10.6. The molecule has 0 saturated heterocycles. The number of benzene rings is 2. The van der Waals surface area contributed by atoms with Crippen LogP contribution >= 0.6 is 0 Å². The molecule has 2 aromatic carbocycles. The van der Waals surface area contributed by atoms with Crippen LogP contribution in [0.1, 0.15) is 17.2 Å². The van der Waals surface area contributed by atoms with Crippen molar-refractivity contribution in [3.63, 3.8) is 0 Å². The van der Waals surface area contributed by atoms with Gasteiger partial charge in [-0.1, -0.05) is 12.1 Å². The molecule has 1 aliphatic heterocycles. The van der Waals surface area contributed by atoms with Crippen LogP contribution in [0.4, 0.5) is 5.69 Å². The van der Waals surface area contributed by atoms with Crippen molar-refractivity contribution in [1.82, 2.24) is 0 Å². The molecule has 2 aromatic rings. The molecule has 0 aromatic heterocycles. The van der Waals surface area contributed by atoms with Crippen molar-refractivity contribution in [3.05, 3.63) is 69.8 Å². The van der Waals surface area contributed by atoms with E-state index in [-0.39, 0.29) is 11.7 Å². The van der Waals surface area contributed by atoms with Crippen LogP contribution < -0.4 is 4.74 Å². The van der Waals surface area contributed by atoms with Gasteiger partial charge in [-0.3, -0.25) is 15.1 Å². The number of methoxy groups -OCH3 is 1. The number of nitro benzene ring substituents is 1. The molecule has 1 unspecified atom stereocenters. The molecule has 1 aliphatic rings. The smallest absolute Gasteiger partial charge is 0.269 e. The molecule has 100 valence electrons. The largest absolute Gasteiger partial charge is 0.497 e. The number of nitrogens with zero attached hydrogens (tertiary/aromatic N) is 2. The van der Waals surface area contributed by atoms with Gasteiger partial charge in [0.25, 0.3) is 5.69 Å². The zero-order chi connectivity index (χ0) is 14.1. The lowest BCUT2D eigenvalue weighted by Crippen LogP contribution is -1.95. The average molecular weight is 268 g/mol. The third-order valence-electron chi connectivity index (χ3n) is 3.26. The highest BCUT2D eigenvalue weighted by molar-refractivity contribution is 6.13. The fourth-order valence-corrected chi connectivity index (χ4v) is 2.11. The Morgan fingerprint density at radius 3 is 2.30 bits per heavy atom. The normalized spacial score (nSPS) is 16.4. The molecule has 0 spiro atoms. The Morgan fingerprint density at radius 2 is 1.75 bits per heavy atom. The Labute approximate surface area is 115 Å². The van der Waals surface area contributed by atoms with E-state index in [4.69, 9.17) is 4.74 Å². The highest BCUT2D eigenvalue weighted by Gasteiger charge is 2.30. The maximum atomic E-state index is 10.6. The van der Waals surface area contributed by atoms with E-state index in [9.17, 15) is 10.1 Å². The SMILES string of the molecule is COc1ccc(C2N=C2c2ccc([N+](=O)[O-])cc2)cc1. The highest BCUT2D eigenvalue weighted by Crippen LogP contribution is 2.35. The first-order valence-corrected chi connectivity index (χ1v) is 6.15. The molecular weight excluding hydrogens is 256 g/mol. The lowest BCUT2D eigenvalue weighted by Gasteiger charge is -2.01. The Bertz CT molecular complexity index is 675. The summed E-state index contributed by atoms with van der Waals surface area (Å²) >= 11 is 0. The minimum Gasteiger partial charge on any atom is -0.497 e. The number of nitro groups is 1. The maximum Gasteiger partial charge on any atom is 0.269 e. The summed E-state index contributed by atoms with van der Waals surface area (Å²) in [4.78, 5) is 14.6. The van der Waals surface area contributed by atoms with Gasteiger partial charge in [-0.05, 0) is 35.4 Å². The monoisotopic (exact) mass is 268 g/mol. The molecule has 3 rings (SSSR count). The average Bonchev–Trinajstić information content (AvgIpc) is 3.28. The van der Waals surface area contributed by atoms with Crippen LogP contribution in [0.15, 0.2) is 53.5 Å². The molecule has 1 heterocycles. The number of non-ortho nitro benzene ring substituents is 1. The summed E-state index contributed by atoms with van der Waals surface area (Å²) in [6.45, 7) is 0. The Hall–Kier alpha value is -2.69. The first-order valence-electron chi connectivity index (χ1n) is 6.15. The third kappa shape index (κ3) is 2.25. The van der Waals surface area contributed by atoms with E-state index in [0.29, 0.717) is 0 Å². The number of hydrogen-bond acceptors (Lipinski definition) is 4. The predicted octanol–water partition coefficient (Wildman–Crippen LogP) is 3.15. The van der Waals surface area contributed by atoms with Gasteiger partial charge in [-0.2, -0.15) is 0 Å². The summed E-state index contributed by atoms with van der Waals surface area (Å²) in [6.07, 6.45) is 0. The Morgan fingerprint density at radius 1 is 1.10 bits per heavy atom. The number of ether oxygens (including phenoxy) is 1. The first-order chi connectivity index (χ1) is 9.69. The van der Waals surface area contributed by atoms with Gasteiger partial charge >= 0.3 is 0 Å². The van der Waals surface area contributed by atoms with E-state index in [1.807, 2.05) is 24.3 Å². The molecule has 1 atom stereocenters. The van der Waals surface area contributed by atoms with E-state index < -0.39 is 4.92 Å². The van der Waals surface area contributed by atoms with Gasteiger partial charge in [0.05, 0.1) is 17.7 Å². The van der Waals surface area contributed by atoms with Crippen molar-refractivity contribution in [2.24, 2.45) is 4.99 Å². The first kappa shape index (κ1) is 12.3. The van der Waals surface area contributed by atoms with Crippen LogP contribution in [-0.4, -0.2) is 17.7 Å². The molecule has 20 heavy (non-hydrogen) atoms. The van der Waals surface area contributed by atoms with Gasteiger partial charge in [0.15, 0.2) is 0 Å². The van der Waals surface area contributed by atoms with Gasteiger partial charge in [0.2, 0.25) is 0 Å². The van der Waals surface area contributed by atoms with Crippen molar-refractivity contribution in [1.29, 1.82) is 0 Å². The van der Waals surface area contributed by atoms with E-state index in [0.717, 1.165) is 22.6 Å². The second-order valence-corrected chi connectivity index (χ2v) is 4.49. The predicted molar refractivity (Wildman–Crippen MR) is 75.4 cm³/mol. The quantitative estimate of drug-likeness (QED) is 0.632. The summed E-state index contributed by atoms with van der Waals surface area (Å²) < 4.78 is 5.12. The molecule has 0 bridgehead atoms. The van der Waals surface area contributed by atoms with Crippen LogP contribution in [-0.2, 0) is 0 Å². The van der Waals surface area contributed by atoms with Crippen molar-refractivity contribution < 1.29 is 9.66 Å². The Balaban J connectivity index is 1.74. The Kier molecular flexibility index (Phi) is 2.95. The van der Waals surface area contributed by atoms with Crippen LogP contribution in [0.2, 0.25) is 0 Å². The summed E-state index contributed by atoms with van der Waals surface area (Å²) in [5.74, 6) is 0.811. The summed E-state index contributed by atoms with van der Waals surface area (Å²) in [7, 11) is 1.63. The van der Waals surface area contributed by atoms with E-state index in [1.54, 1.807) is 19.2 Å². The molecule has 0 N–H and O–H groups in total. The van der Waals surface area contributed by atoms with Gasteiger partial charge in [-0.25, -0.2) is 0 Å². The van der Waals surface area contributed by atoms with Crippen LogP contribution in [0.25, 0.3) is 0 Å². The van der Waals surface area contributed by atoms with Gasteiger partial charge < -0.3 is 4.74 Å². The molecule has 5 nitrogen and oxygen atoms in total. The van der Waals surface area contributed by atoms with Crippen LogP contribution in [0, 0.1) is 10.1 Å². The lowest BCUT2D eigenvalue weighted by molar-refractivity contribution is -0.384. The minimum atomic E-state index is -0.403. The second kappa shape index (κ2) is 4.77. The van der Waals surface area contributed by atoms with Crippen molar-refractivity contribution in [2.75, 3.05) is 7.11 Å². The fraction of sp³-hybridized carbons (Fsp3) is 0.133. The van der Waals surface area contributed by atoms with Gasteiger partial charge in [-0.15, -0.1) is 0 Å². The van der Waals surface area contributed by atoms with E-state index in [1.165, 1.54) is 12.1 Å². The van der Waals surface area contributed by atoms with Crippen LogP contribution in [0.5, 0.6) is 5.75 Å². The minimum absolute atomic E-state index is 0.0577. The molecule has 5 heteroatoms. The lowest BCUT2D eigenvalue weighted by atomic mass is 10.0. The van der Waals surface area contributed by atoms with Gasteiger partial charge in [0.1, 0.15) is 11.8 Å². The molecule has 0 amide bonds.